The van der Waals surface area contributed by atoms with Crippen molar-refractivity contribution in [2.24, 2.45) is 0 Å². The van der Waals surface area contributed by atoms with Gasteiger partial charge in [-0.2, -0.15) is 0 Å². The van der Waals surface area contributed by atoms with E-state index in [9.17, 15) is 0 Å². The first-order valence-electron chi connectivity index (χ1n) is 7.27. The predicted molar refractivity (Wildman–Crippen MR) is 92.0 cm³/mol. The number of nitrogens with one attached hydrogen (secondary N) is 1. The van der Waals surface area contributed by atoms with Crippen LogP contribution in [0.3, 0.4) is 0 Å². The molecule has 108 valence electrons. The first kappa shape index (κ1) is 15.1. The molecule has 0 aliphatic rings. The van der Waals surface area contributed by atoms with Gasteiger partial charge in [0.2, 0.25) is 0 Å². The van der Waals surface area contributed by atoms with Crippen molar-refractivity contribution in [3.8, 4) is 0 Å². The fraction of sp³-hybridized carbons (Fsp3) is 0.200. The molecule has 0 saturated heterocycles. The molecule has 0 spiro atoms. The van der Waals surface area contributed by atoms with E-state index in [1.807, 2.05) is 12.1 Å². The summed E-state index contributed by atoms with van der Waals surface area (Å²) in [6, 6.07) is 17.0. The van der Waals surface area contributed by atoms with Crippen LogP contribution in [-0.4, -0.2) is 0 Å². The molecule has 21 heavy (non-hydrogen) atoms. The average molecular weight is 277 g/mol. The molecule has 1 heteroatoms. The van der Waals surface area contributed by atoms with Crippen molar-refractivity contribution in [2.75, 3.05) is 0 Å². The molecule has 0 fully saturated rings. The lowest BCUT2D eigenvalue weighted by molar-refractivity contribution is 0.889. The van der Waals surface area contributed by atoms with Crippen LogP contribution in [0.15, 0.2) is 67.3 Å². The smallest absolute Gasteiger partial charge is 0.0400 e. The van der Waals surface area contributed by atoms with E-state index in [1.54, 1.807) is 0 Å². The third-order valence-electron chi connectivity index (χ3n) is 3.50. The van der Waals surface area contributed by atoms with Crippen LogP contribution in [0.25, 0.3) is 5.70 Å². The van der Waals surface area contributed by atoms with E-state index in [4.69, 9.17) is 0 Å². The summed E-state index contributed by atoms with van der Waals surface area (Å²) in [6.07, 6.45) is 0.948. The molecule has 2 aromatic rings. The Bertz CT molecular complexity index is 635. The average Bonchev–Trinajstić information content (AvgIpc) is 2.46. The maximum Gasteiger partial charge on any atom is 0.0400 e. The first-order chi connectivity index (χ1) is 10.1. The second-order valence-electron chi connectivity index (χ2n) is 5.60. The second-order valence-corrected chi connectivity index (χ2v) is 5.60. The molecule has 0 saturated carbocycles. The van der Waals surface area contributed by atoms with Crippen molar-refractivity contribution in [1.82, 2.24) is 5.32 Å². The maximum absolute atomic E-state index is 4.14. The van der Waals surface area contributed by atoms with Crippen molar-refractivity contribution in [2.45, 2.75) is 26.8 Å². The molecule has 2 rings (SSSR count). The number of hydrogen-bond acceptors (Lipinski definition) is 1. The lowest BCUT2D eigenvalue weighted by Gasteiger charge is -2.12. The van der Waals surface area contributed by atoms with Gasteiger partial charge < -0.3 is 5.32 Å². The van der Waals surface area contributed by atoms with Gasteiger partial charge in [-0.05, 0) is 42.5 Å². The van der Waals surface area contributed by atoms with Crippen molar-refractivity contribution < 1.29 is 0 Å². The molecule has 0 heterocycles. The molecule has 0 bridgehead atoms. The quantitative estimate of drug-likeness (QED) is 0.742. The number of aryl methyl sites for hydroxylation is 1. The molecule has 1 N–H and O–H groups in total. The molecule has 0 amide bonds. The number of benzene rings is 2. The van der Waals surface area contributed by atoms with E-state index in [-0.39, 0.29) is 0 Å². The van der Waals surface area contributed by atoms with Gasteiger partial charge in [-0.15, -0.1) is 0 Å². The van der Waals surface area contributed by atoms with Crippen LogP contribution in [0, 0.1) is 6.92 Å². The van der Waals surface area contributed by atoms with E-state index in [0.29, 0.717) is 0 Å². The van der Waals surface area contributed by atoms with E-state index >= 15 is 0 Å². The highest BCUT2D eigenvalue weighted by Crippen LogP contribution is 2.15. The minimum absolute atomic E-state index is 0.792. The molecule has 0 aliphatic carbocycles. The summed E-state index contributed by atoms with van der Waals surface area (Å²) < 4.78 is 0. The zero-order valence-electron chi connectivity index (χ0n) is 12.9. The normalized spacial score (nSPS) is 10.2. The number of rotatable bonds is 6. The first-order valence-corrected chi connectivity index (χ1v) is 7.27. The molecule has 0 aromatic heterocycles. The molecule has 0 radical (unpaired) electrons. The Morgan fingerprint density at radius 1 is 0.952 bits per heavy atom. The molecule has 0 unspecified atom stereocenters. The van der Waals surface area contributed by atoms with Crippen LogP contribution < -0.4 is 5.32 Å². The van der Waals surface area contributed by atoms with Gasteiger partial charge >= 0.3 is 0 Å². The van der Waals surface area contributed by atoms with Crippen molar-refractivity contribution in [3.05, 3.63) is 89.5 Å². The van der Waals surface area contributed by atoms with E-state index in [0.717, 1.165) is 18.7 Å². The summed E-state index contributed by atoms with van der Waals surface area (Å²) in [7, 11) is 0. The van der Waals surface area contributed by atoms with Crippen molar-refractivity contribution in [3.63, 3.8) is 0 Å². The van der Waals surface area contributed by atoms with Gasteiger partial charge in [0.25, 0.3) is 0 Å². The highest BCUT2D eigenvalue weighted by molar-refractivity contribution is 5.64. The number of hydrogen-bond donors (Lipinski definition) is 1. The molecule has 2 aromatic carbocycles. The standard InChI is InChI=1S/C20H23N/c1-15(2)13-18-9-11-19(12-10-18)14-21-17(4)20-8-6-5-7-16(20)3/h5-12,21H,1,4,13-14H2,2-3H3. The van der Waals surface area contributed by atoms with Gasteiger partial charge in [0.1, 0.15) is 0 Å². The fourth-order valence-electron chi connectivity index (χ4n) is 2.34. The minimum Gasteiger partial charge on any atom is -0.381 e. The Balaban J connectivity index is 1.95. The van der Waals surface area contributed by atoms with Crippen LogP contribution in [0.1, 0.15) is 29.2 Å². The Kier molecular flexibility index (Phi) is 4.99. The summed E-state index contributed by atoms with van der Waals surface area (Å²) >= 11 is 0. The fourth-order valence-corrected chi connectivity index (χ4v) is 2.34. The summed E-state index contributed by atoms with van der Waals surface area (Å²) in [6.45, 7) is 13.0. The van der Waals surface area contributed by atoms with Gasteiger partial charge in [0.15, 0.2) is 0 Å². The van der Waals surface area contributed by atoms with Crippen LogP contribution >= 0.6 is 0 Å². The number of allylic oxidation sites excluding steroid dienone is 1. The van der Waals surface area contributed by atoms with E-state index < -0.39 is 0 Å². The zero-order valence-corrected chi connectivity index (χ0v) is 12.9. The maximum atomic E-state index is 4.14. The highest BCUT2D eigenvalue weighted by atomic mass is 14.9. The SMILES string of the molecule is C=C(C)Cc1ccc(CNC(=C)c2ccccc2C)cc1. The molecule has 1 nitrogen and oxygen atoms in total. The molecular weight excluding hydrogens is 254 g/mol. The summed E-state index contributed by atoms with van der Waals surface area (Å²) in [5.74, 6) is 0. The van der Waals surface area contributed by atoms with Crippen LogP contribution in [0.2, 0.25) is 0 Å². The Morgan fingerprint density at radius 3 is 2.19 bits per heavy atom. The minimum atomic E-state index is 0.792. The third-order valence-corrected chi connectivity index (χ3v) is 3.50. The zero-order chi connectivity index (χ0) is 15.2. The summed E-state index contributed by atoms with van der Waals surface area (Å²) in [5, 5.41) is 3.40. The van der Waals surface area contributed by atoms with Crippen molar-refractivity contribution in [1.29, 1.82) is 0 Å². The van der Waals surface area contributed by atoms with Gasteiger partial charge in [0, 0.05) is 12.2 Å². The molecule has 0 atom stereocenters. The largest absolute Gasteiger partial charge is 0.381 e. The van der Waals surface area contributed by atoms with Crippen LogP contribution in [-0.2, 0) is 13.0 Å². The second kappa shape index (κ2) is 6.94. The van der Waals surface area contributed by atoms with E-state index in [1.165, 1.54) is 27.8 Å². The predicted octanol–water partition coefficient (Wildman–Crippen LogP) is 4.87. The van der Waals surface area contributed by atoms with Gasteiger partial charge in [-0.1, -0.05) is 67.3 Å². The molecule has 0 aliphatic heterocycles. The van der Waals surface area contributed by atoms with Gasteiger partial charge in [0.05, 0.1) is 0 Å². The van der Waals surface area contributed by atoms with Crippen molar-refractivity contribution >= 4 is 5.70 Å². The Morgan fingerprint density at radius 2 is 1.57 bits per heavy atom. The Hall–Kier alpha value is -2.28. The van der Waals surface area contributed by atoms with Gasteiger partial charge in [-0.3, -0.25) is 0 Å². The molecular formula is C20H23N. The highest BCUT2D eigenvalue weighted by Gasteiger charge is 2.02. The lowest BCUT2D eigenvalue weighted by atomic mass is 10.0. The van der Waals surface area contributed by atoms with E-state index in [2.05, 4.69) is 68.7 Å². The Labute approximate surface area is 128 Å². The monoisotopic (exact) mass is 277 g/mol. The third kappa shape index (κ3) is 4.35. The summed E-state index contributed by atoms with van der Waals surface area (Å²) in [5.41, 5.74) is 7.15. The lowest BCUT2D eigenvalue weighted by Crippen LogP contribution is -2.11. The topological polar surface area (TPSA) is 12.0 Å². The van der Waals surface area contributed by atoms with Crippen LogP contribution in [0.5, 0.6) is 0 Å². The van der Waals surface area contributed by atoms with Gasteiger partial charge in [-0.25, -0.2) is 0 Å². The van der Waals surface area contributed by atoms with Crippen LogP contribution in [0.4, 0.5) is 0 Å². The summed E-state index contributed by atoms with van der Waals surface area (Å²) in [4.78, 5) is 0.